The van der Waals surface area contributed by atoms with E-state index in [-0.39, 0.29) is 17.5 Å². The van der Waals surface area contributed by atoms with Crippen molar-refractivity contribution in [3.05, 3.63) is 65.2 Å². The second-order valence-electron chi connectivity index (χ2n) is 7.78. The summed E-state index contributed by atoms with van der Waals surface area (Å²) in [6.07, 6.45) is 0.839. The Kier molecular flexibility index (Phi) is 7.56. The average Bonchev–Trinajstić information content (AvgIpc) is 2.76. The zero-order valence-electron chi connectivity index (χ0n) is 18.5. The van der Waals surface area contributed by atoms with Crippen LogP contribution in [0.1, 0.15) is 16.8 Å². The molecule has 1 heterocycles. The minimum Gasteiger partial charge on any atom is -0.507 e. The normalized spacial score (nSPS) is 10.9. The minimum atomic E-state index is -0.263. The van der Waals surface area contributed by atoms with Gasteiger partial charge in [0.15, 0.2) is 0 Å². The zero-order valence-corrected chi connectivity index (χ0v) is 19.2. The van der Waals surface area contributed by atoms with E-state index in [1.54, 1.807) is 18.2 Å². The van der Waals surface area contributed by atoms with Crippen molar-refractivity contribution in [2.24, 2.45) is 0 Å². The molecule has 0 bridgehead atoms. The lowest BCUT2D eigenvalue weighted by atomic mass is 10.1. The number of hydrogen-bond acceptors (Lipinski definition) is 6. The van der Waals surface area contributed by atoms with Gasteiger partial charge in [-0.15, -0.1) is 0 Å². The number of halogens is 1. The number of nitrogens with one attached hydrogen (secondary N) is 1. The molecule has 0 saturated heterocycles. The molecule has 0 spiro atoms. The van der Waals surface area contributed by atoms with Gasteiger partial charge >= 0.3 is 0 Å². The second kappa shape index (κ2) is 10.3. The largest absolute Gasteiger partial charge is 0.507 e. The van der Waals surface area contributed by atoms with Crippen molar-refractivity contribution in [1.29, 1.82) is 0 Å². The number of carbonyl (C=O) groups excluding carboxylic acids is 1. The van der Waals surface area contributed by atoms with Gasteiger partial charge < -0.3 is 26.0 Å². The van der Waals surface area contributed by atoms with Crippen LogP contribution in [0.5, 0.6) is 5.75 Å². The topological polar surface area (TPSA) is 94.7 Å². The summed E-state index contributed by atoms with van der Waals surface area (Å²) in [5.74, 6) is -0.0738. The van der Waals surface area contributed by atoms with Gasteiger partial charge in [0.05, 0.1) is 11.3 Å². The molecule has 7 nitrogen and oxygen atoms in total. The molecule has 1 aromatic heterocycles. The van der Waals surface area contributed by atoms with Gasteiger partial charge in [-0.05, 0) is 81.7 Å². The Morgan fingerprint density at radius 1 is 1.06 bits per heavy atom. The zero-order chi connectivity index (χ0) is 23.3. The Bertz CT molecular complexity index is 1090. The fraction of sp³-hybridized carbons (Fsp3) is 0.250. The van der Waals surface area contributed by atoms with Gasteiger partial charge in [-0.1, -0.05) is 11.6 Å². The van der Waals surface area contributed by atoms with Crippen LogP contribution in [0.3, 0.4) is 0 Å². The molecular formula is C24H28ClN5O2. The first-order chi connectivity index (χ1) is 15.3. The van der Waals surface area contributed by atoms with Crippen LogP contribution in [0.15, 0.2) is 54.6 Å². The maximum absolute atomic E-state index is 12.4. The van der Waals surface area contributed by atoms with Crippen LogP contribution < -0.4 is 16.0 Å². The van der Waals surface area contributed by atoms with E-state index in [0.717, 1.165) is 24.3 Å². The highest BCUT2D eigenvalue weighted by Crippen LogP contribution is 2.34. The van der Waals surface area contributed by atoms with Crippen LogP contribution >= 0.6 is 11.6 Å². The Balaban J connectivity index is 1.80. The van der Waals surface area contributed by atoms with E-state index in [2.05, 4.69) is 15.2 Å². The molecule has 0 atom stereocenters. The van der Waals surface area contributed by atoms with Crippen molar-refractivity contribution < 1.29 is 9.90 Å². The first-order valence-electron chi connectivity index (χ1n) is 10.3. The van der Waals surface area contributed by atoms with E-state index < -0.39 is 0 Å². The number of phenolic OH excluding ortho intramolecular Hbond substituents is 1. The molecule has 0 aliphatic rings. The predicted octanol–water partition coefficient (Wildman–Crippen LogP) is 4.14. The van der Waals surface area contributed by atoms with Crippen LogP contribution in [-0.4, -0.2) is 55.1 Å². The Morgan fingerprint density at radius 2 is 1.75 bits per heavy atom. The van der Waals surface area contributed by atoms with Crippen LogP contribution in [0.25, 0.3) is 11.3 Å². The fourth-order valence-corrected chi connectivity index (χ4v) is 3.39. The summed E-state index contributed by atoms with van der Waals surface area (Å²) in [6.45, 7) is 1.44. The van der Waals surface area contributed by atoms with Gasteiger partial charge in [0, 0.05) is 35.6 Å². The van der Waals surface area contributed by atoms with Crippen molar-refractivity contribution in [3.8, 4) is 17.0 Å². The molecule has 0 saturated carbocycles. The Labute approximate surface area is 193 Å². The third-order valence-corrected chi connectivity index (χ3v) is 5.35. The van der Waals surface area contributed by atoms with Gasteiger partial charge in [0.25, 0.3) is 5.91 Å². The van der Waals surface area contributed by atoms with E-state index in [1.807, 2.05) is 62.4 Å². The predicted molar refractivity (Wildman–Crippen MR) is 131 cm³/mol. The summed E-state index contributed by atoms with van der Waals surface area (Å²) < 4.78 is 0. The summed E-state index contributed by atoms with van der Waals surface area (Å²) in [6, 6.07) is 16.0. The Hall–Kier alpha value is -3.29. The van der Waals surface area contributed by atoms with Crippen LogP contribution in [0.2, 0.25) is 5.02 Å². The van der Waals surface area contributed by atoms with Gasteiger partial charge in [0.2, 0.25) is 0 Å². The molecule has 0 aliphatic carbocycles. The highest BCUT2D eigenvalue weighted by Gasteiger charge is 2.15. The lowest BCUT2D eigenvalue weighted by Gasteiger charge is -2.21. The van der Waals surface area contributed by atoms with Gasteiger partial charge in [-0.3, -0.25) is 4.79 Å². The van der Waals surface area contributed by atoms with Crippen molar-refractivity contribution in [2.75, 3.05) is 44.9 Å². The highest BCUT2D eigenvalue weighted by atomic mass is 35.5. The summed E-state index contributed by atoms with van der Waals surface area (Å²) in [5, 5.41) is 14.0. The Morgan fingerprint density at radius 3 is 2.41 bits per heavy atom. The molecule has 168 valence electrons. The summed E-state index contributed by atoms with van der Waals surface area (Å²) in [5.41, 5.74) is 9.19. The van der Waals surface area contributed by atoms with E-state index in [4.69, 9.17) is 17.3 Å². The number of nitrogens with two attached hydrogens (primary N) is 1. The van der Waals surface area contributed by atoms with E-state index >= 15 is 0 Å². The number of benzene rings is 2. The number of amides is 1. The number of nitrogen functional groups attached to an aromatic ring is 1. The van der Waals surface area contributed by atoms with Crippen LogP contribution in [0, 0.1) is 0 Å². The lowest BCUT2D eigenvalue weighted by molar-refractivity contribution is 0.0953. The highest BCUT2D eigenvalue weighted by molar-refractivity contribution is 6.30. The number of nitrogens with zero attached hydrogens (tertiary/aromatic N) is 3. The second-order valence-corrected chi connectivity index (χ2v) is 8.22. The molecule has 0 unspecified atom stereocenters. The van der Waals surface area contributed by atoms with E-state index in [1.165, 1.54) is 0 Å². The molecular weight excluding hydrogens is 426 g/mol. The molecule has 0 aliphatic heterocycles. The fourth-order valence-electron chi connectivity index (χ4n) is 3.26. The molecule has 32 heavy (non-hydrogen) atoms. The number of anilines is 3. The van der Waals surface area contributed by atoms with Gasteiger partial charge in [0.1, 0.15) is 11.6 Å². The number of aromatic nitrogens is 1. The van der Waals surface area contributed by atoms with Crippen molar-refractivity contribution in [2.45, 2.75) is 6.42 Å². The molecule has 2 aromatic carbocycles. The average molecular weight is 454 g/mol. The lowest BCUT2D eigenvalue weighted by Crippen LogP contribution is -2.28. The van der Waals surface area contributed by atoms with Crippen molar-refractivity contribution >= 4 is 34.7 Å². The third kappa shape index (κ3) is 5.69. The standard InChI is InChI=1S/C24H28ClN5O2/c1-29(2)14-4-13-27-24(32)19-10-11-21(28-23(19)26)20-15-18(9-12-22(20)31)30(3)17-7-5-16(25)6-8-17/h5-12,15,31H,4,13-14H2,1-3H3,(H2,26,28)(H,27,32). The molecule has 3 aromatic rings. The summed E-state index contributed by atoms with van der Waals surface area (Å²) >= 11 is 5.98. The molecule has 0 fully saturated rings. The molecule has 4 N–H and O–H groups in total. The van der Waals surface area contributed by atoms with Gasteiger partial charge in [-0.2, -0.15) is 0 Å². The monoisotopic (exact) mass is 453 g/mol. The number of hydrogen-bond donors (Lipinski definition) is 3. The molecule has 3 rings (SSSR count). The molecule has 0 radical (unpaired) electrons. The minimum absolute atomic E-state index is 0.0750. The van der Waals surface area contributed by atoms with E-state index in [0.29, 0.717) is 28.4 Å². The molecule has 1 amide bonds. The number of carbonyl (C=O) groups is 1. The number of pyridine rings is 1. The van der Waals surface area contributed by atoms with Crippen molar-refractivity contribution in [3.63, 3.8) is 0 Å². The number of aromatic hydroxyl groups is 1. The molecule has 8 heteroatoms. The van der Waals surface area contributed by atoms with Gasteiger partial charge in [-0.25, -0.2) is 4.98 Å². The van der Waals surface area contributed by atoms with Crippen LogP contribution in [0.4, 0.5) is 17.2 Å². The SMILES string of the molecule is CN(C)CCCNC(=O)c1ccc(-c2cc(N(C)c3ccc(Cl)cc3)ccc2O)nc1N. The first kappa shape index (κ1) is 23.4. The van der Waals surface area contributed by atoms with Crippen molar-refractivity contribution in [1.82, 2.24) is 15.2 Å². The first-order valence-corrected chi connectivity index (χ1v) is 10.7. The smallest absolute Gasteiger partial charge is 0.255 e. The number of phenols is 1. The number of rotatable bonds is 8. The summed E-state index contributed by atoms with van der Waals surface area (Å²) in [4.78, 5) is 20.8. The van der Waals surface area contributed by atoms with Crippen LogP contribution in [-0.2, 0) is 0 Å². The third-order valence-electron chi connectivity index (χ3n) is 5.09. The maximum Gasteiger partial charge on any atom is 0.255 e. The summed E-state index contributed by atoms with van der Waals surface area (Å²) in [7, 11) is 5.89. The quantitative estimate of drug-likeness (QED) is 0.444. The maximum atomic E-state index is 12.4. The van der Waals surface area contributed by atoms with E-state index in [9.17, 15) is 9.90 Å².